The highest BCUT2D eigenvalue weighted by Crippen LogP contribution is 2.32. The SMILES string of the molecule is OC1(CCN2CCNCC2)CCCC1. The Morgan fingerprint density at radius 3 is 2.43 bits per heavy atom. The summed E-state index contributed by atoms with van der Waals surface area (Å²) in [5.74, 6) is 0. The zero-order chi connectivity index (χ0) is 9.86. The average Bonchev–Trinajstić information content (AvgIpc) is 2.65. The van der Waals surface area contributed by atoms with E-state index in [9.17, 15) is 5.11 Å². The lowest BCUT2D eigenvalue weighted by atomic mass is 9.98. The molecule has 14 heavy (non-hydrogen) atoms. The molecule has 0 atom stereocenters. The lowest BCUT2D eigenvalue weighted by Crippen LogP contribution is -2.45. The van der Waals surface area contributed by atoms with Gasteiger partial charge in [-0.1, -0.05) is 12.8 Å². The largest absolute Gasteiger partial charge is 0.390 e. The normalized spacial score (nSPS) is 28.1. The molecule has 2 rings (SSSR count). The van der Waals surface area contributed by atoms with Crippen molar-refractivity contribution < 1.29 is 5.11 Å². The minimum absolute atomic E-state index is 0.315. The Hall–Kier alpha value is -0.120. The molecule has 0 aromatic carbocycles. The van der Waals surface area contributed by atoms with E-state index in [1.54, 1.807) is 0 Å². The van der Waals surface area contributed by atoms with Crippen molar-refractivity contribution in [2.24, 2.45) is 0 Å². The summed E-state index contributed by atoms with van der Waals surface area (Å²) in [6, 6.07) is 0. The molecule has 0 bridgehead atoms. The van der Waals surface area contributed by atoms with Crippen LogP contribution in [0.3, 0.4) is 0 Å². The molecule has 1 aliphatic carbocycles. The van der Waals surface area contributed by atoms with Gasteiger partial charge in [0.15, 0.2) is 0 Å². The number of piperazine rings is 1. The van der Waals surface area contributed by atoms with Gasteiger partial charge >= 0.3 is 0 Å². The van der Waals surface area contributed by atoms with E-state index in [-0.39, 0.29) is 5.60 Å². The zero-order valence-electron chi connectivity index (χ0n) is 8.97. The molecule has 0 radical (unpaired) electrons. The van der Waals surface area contributed by atoms with Gasteiger partial charge in [-0.25, -0.2) is 0 Å². The van der Waals surface area contributed by atoms with Gasteiger partial charge in [0.25, 0.3) is 0 Å². The summed E-state index contributed by atoms with van der Waals surface area (Å²) >= 11 is 0. The Labute approximate surface area is 86.5 Å². The molecular formula is C11H22N2O. The first-order valence-corrected chi connectivity index (χ1v) is 5.94. The van der Waals surface area contributed by atoms with Gasteiger partial charge < -0.3 is 15.3 Å². The molecule has 1 saturated heterocycles. The van der Waals surface area contributed by atoms with Crippen LogP contribution in [0.2, 0.25) is 0 Å². The second-order valence-electron chi connectivity index (χ2n) is 4.77. The highest BCUT2D eigenvalue weighted by Gasteiger charge is 2.31. The van der Waals surface area contributed by atoms with Crippen LogP contribution >= 0.6 is 0 Å². The Balaban J connectivity index is 1.70. The highest BCUT2D eigenvalue weighted by molar-refractivity contribution is 4.85. The molecular weight excluding hydrogens is 176 g/mol. The van der Waals surface area contributed by atoms with Crippen molar-refractivity contribution in [3.8, 4) is 0 Å². The molecule has 0 amide bonds. The lowest BCUT2D eigenvalue weighted by Gasteiger charge is -2.30. The maximum absolute atomic E-state index is 10.2. The zero-order valence-corrected chi connectivity index (χ0v) is 8.97. The summed E-state index contributed by atoms with van der Waals surface area (Å²) in [6.07, 6.45) is 5.47. The van der Waals surface area contributed by atoms with Crippen molar-refractivity contribution >= 4 is 0 Å². The number of aliphatic hydroxyl groups is 1. The molecule has 0 unspecified atom stereocenters. The van der Waals surface area contributed by atoms with Crippen LogP contribution in [0.25, 0.3) is 0 Å². The van der Waals surface area contributed by atoms with Crippen molar-refractivity contribution in [1.82, 2.24) is 10.2 Å². The van der Waals surface area contributed by atoms with Gasteiger partial charge in [0.2, 0.25) is 0 Å². The van der Waals surface area contributed by atoms with E-state index in [1.807, 2.05) is 0 Å². The fraction of sp³-hybridized carbons (Fsp3) is 1.00. The van der Waals surface area contributed by atoms with Gasteiger partial charge in [0.1, 0.15) is 0 Å². The van der Waals surface area contributed by atoms with Crippen LogP contribution < -0.4 is 5.32 Å². The van der Waals surface area contributed by atoms with Gasteiger partial charge in [-0.3, -0.25) is 0 Å². The van der Waals surface area contributed by atoms with E-state index >= 15 is 0 Å². The summed E-state index contributed by atoms with van der Waals surface area (Å²) in [5, 5.41) is 13.5. The minimum atomic E-state index is -0.315. The van der Waals surface area contributed by atoms with Gasteiger partial charge in [0, 0.05) is 32.7 Å². The summed E-state index contributed by atoms with van der Waals surface area (Å²) in [4.78, 5) is 2.47. The van der Waals surface area contributed by atoms with Crippen LogP contribution in [0.4, 0.5) is 0 Å². The van der Waals surface area contributed by atoms with E-state index in [1.165, 1.54) is 12.8 Å². The number of nitrogens with zero attached hydrogens (tertiary/aromatic N) is 1. The van der Waals surface area contributed by atoms with Gasteiger partial charge in [-0.15, -0.1) is 0 Å². The molecule has 2 fully saturated rings. The predicted molar refractivity (Wildman–Crippen MR) is 57.3 cm³/mol. The molecule has 1 aliphatic heterocycles. The third-order valence-corrected chi connectivity index (χ3v) is 3.64. The van der Waals surface area contributed by atoms with Crippen LogP contribution in [0.15, 0.2) is 0 Å². The van der Waals surface area contributed by atoms with E-state index < -0.39 is 0 Å². The van der Waals surface area contributed by atoms with Crippen molar-refractivity contribution in [1.29, 1.82) is 0 Å². The predicted octanol–water partition coefficient (Wildman–Crippen LogP) is 0.587. The quantitative estimate of drug-likeness (QED) is 0.696. The van der Waals surface area contributed by atoms with Crippen molar-refractivity contribution in [3.63, 3.8) is 0 Å². The standard InChI is InChI=1S/C11H22N2O/c14-11(3-1-2-4-11)5-8-13-9-6-12-7-10-13/h12,14H,1-10H2. The molecule has 1 heterocycles. The summed E-state index contributed by atoms with van der Waals surface area (Å²) in [7, 11) is 0. The molecule has 2 N–H and O–H groups in total. The van der Waals surface area contributed by atoms with E-state index in [2.05, 4.69) is 10.2 Å². The fourth-order valence-electron chi connectivity index (χ4n) is 2.58. The lowest BCUT2D eigenvalue weighted by molar-refractivity contribution is 0.0269. The first kappa shape index (κ1) is 10.4. The minimum Gasteiger partial charge on any atom is -0.390 e. The number of nitrogens with one attached hydrogen (secondary N) is 1. The van der Waals surface area contributed by atoms with E-state index in [4.69, 9.17) is 0 Å². The topological polar surface area (TPSA) is 35.5 Å². The Morgan fingerprint density at radius 1 is 1.14 bits per heavy atom. The maximum atomic E-state index is 10.2. The Kier molecular flexibility index (Phi) is 3.42. The molecule has 0 aromatic heterocycles. The molecule has 0 aromatic rings. The summed E-state index contributed by atoms with van der Waals surface area (Å²) in [5.41, 5.74) is -0.315. The molecule has 82 valence electrons. The van der Waals surface area contributed by atoms with Crippen LogP contribution in [0.5, 0.6) is 0 Å². The highest BCUT2D eigenvalue weighted by atomic mass is 16.3. The second kappa shape index (κ2) is 4.60. The first-order valence-electron chi connectivity index (χ1n) is 5.94. The summed E-state index contributed by atoms with van der Waals surface area (Å²) < 4.78 is 0. The van der Waals surface area contributed by atoms with Gasteiger partial charge in [-0.05, 0) is 19.3 Å². The molecule has 3 nitrogen and oxygen atoms in total. The fourth-order valence-corrected chi connectivity index (χ4v) is 2.58. The molecule has 2 aliphatic rings. The first-order chi connectivity index (χ1) is 6.79. The number of hydrogen-bond acceptors (Lipinski definition) is 3. The third-order valence-electron chi connectivity index (χ3n) is 3.64. The van der Waals surface area contributed by atoms with Crippen LogP contribution in [0, 0.1) is 0 Å². The number of rotatable bonds is 3. The van der Waals surface area contributed by atoms with Crippen molar-refractivity contribution in [2.45, 2.75) is 37.7 Å². The molecule has 1 saturated carbocycles. The van der Waals surface area contributed by atoms with Crippen LogP contribution in [0.1, 0.15) is 32.1 Å². The maximum Gasteiger partial charge on any atom is 0.0660 e. The smallest absolute Gasteiger partial charge is 0.0660 e. The Morgan fingerprint density at radius 2 is 1.79 bits per heavy atom. The van der Waals surface area contributed by atoms with Crippen LogP contribution in [-0.4, -0.2) is 48.3 Å². The average molecular weight is 198 g/mol. The molecule has 0 spiro atoms. The van der Waals surface area contributed by atoms with Crippen molar-refractivity contribution in [2.75, 3.05) is 32.7 Å². The number of hydrogen-bond donors (Lipinski definition) is 2. The van der Waals surface area contributed by atoms with E-state index in [0.29, 0.717) is 0 Å². The van der Waals surface area contributed by atoms with Gasteiger partial charge in [-0.2, -0.15) is 0 Å². The second-order valence-corrected chi connectivity index (χ2v) is 4.77. The third kappa shape index (κ3) is 2.69. The summed E-state index contributed by atoms with van der Waals surface area (Å²) in [6.45, 7) is 5.60. The van der Waals surface area contributed by atoms with Crippen LogP contribution in [-0.2, 0) is 0 Å². The van der Waals surface area contributed by atoms with Gasteiger partial charge in [0.05, 0.1) is 5.60 Å². The molecule has 3 heteroatoms. The monoisotopic (exact) mass is 198 g/mol. The Bertz CT molecular complexity index is 172. The van der Waals surface area contributed by atoms with Crippen molar-refractivity contribution in [3.05, 3.63) is 0 Å². The van der Waals surface area contributed by atoms with E-state index in [0.717, 1.165) is 52.0 Å².